The van der Waals surface area contributed by atoms with Crippen molar-refractivity contribution in [1.29, 1.82) is 0 Å². The zero-order chi connectivity index (χ0) is 12.1. The second-order valence-electron chi connectivity index (χ2n) is 4.06. The third-order valence-corrected chi connectivity index (χ3v) is 3.15. The molecule has 1 rings (SSSR count). The van der Waals surface area contributed by atoms with Crippen molar-refractivity contribution in [2.75, 3.05) is 11.9 Å². The second kappa shape index (κ2) is 5.85. The average Bonchev–Trinajstić information content (AvgIpc) is 2.30. The van der Waals surface area contributed by atoms with E-state index in [1.54, 1.807) is 12.1 Å². The molecule has 0 saturated heterocycles. The number of hydrogen-bond acceptors (Lipinski definition) is 2. The first-order valence-corrected chi connectivity index (χ1v) is 5.85. The predicted octanol–water partition coefficient (Wildman–Crippen LogP) is 2.91. The molecule has 0 amide bonds. The normalized spacial score (nSPS) is 10.9. The van der Waals surface area contributed by atoms with Gasteiger partial charge in [-0.1, -0.05) is 19.9 Å². The molecule has 0 aliphatic rings. The van der Waals surface area contributed by atoms with Crippen LogP contribution in [0.15, 0.2) is 18.2 Å². The fourth-order valence-corrected chi connectivity index (χ4v) is 1.97. The van der Waals surface area contributed by atoms with E-state index >= 15 is 0 Å². The smallest absolute Gasteiger partial charge is 0.129 e. The summed E-state index contributed by atoms with van der Waals surface area (Å²) in [6.07, 6.45) is 2.13. The molecule has 1 aromatic carbocycles. The molecule has 0 bridgehead atoms. The molecule has 16 heavy (non-hydrogen) atoms. The summed E-state index contributed by atoms with van der Waals surface area (Å²) >= 11 is 0. The van der Waals surface area contributed by atoms with E-state index in [-0.39, 0.29) is 12.4 Å². The minimum atomic E-state index is -0.210. The van der Waals surface area contributed by atoms with E-state index in [4.69, 9.17) is 5.73 Å². The maximum Gasteiger partial charge on any atom is 0.129 e. The number of anilines is 1. The summed E-state index contributed by atoms with van der Waals surface area (Å²) in [7, 11) is 2.01. The monoisotopic (exact) mass is 224 g/mol. The van der Waals surface area contributed by atoms with Crippen LogP contribution in [0, 0.1) is 5.82 Å². The third kappa shape index (κ3) is 2.73. The molecule has 0 aliphatic carbocycles. The molecule has 0 aliphatic heterocycles. The maximum atomic E-state index is 13.6. The molecular weight excluding hydrogens is 203 g/mol. The van der Waals surface area contributed by atoms with Crippen molar-refractivity contribution in [2.45, 2.75) is 39.3 Å². The van der Waals surface area contributed by atoms with Crippen LogP contribution >= 0.6 is 0 Å². The molecule has 0 unspecified atom stereocenters. The van der Waals surface area contributed by atoms with Gasteiger partial charge in [0.05, 0.1) is 0 Å². The minimum Gasteiger partial charge on any atom is -0.372 e. The summed E-state index contributed by atoms with van der Waals surface area (Å²) in [5.74, 6) is -0.210. The Labute approximate surface area is 97.3 Å². The minimum absolute atomic E-state index is 0.210. The van der Waals surface area contributed by atoms with Crippen LogP contribution < -0.4 is 10.6 Å². The Morgan fingerprint density at radius 3 is 2.38 bits per heavy atom. The van der Waals surface area contributed by atoms with E-state index < -0.39 is 0 Å². The lowest BCUT2D eigenvalue weighted by Gasteiger charge is -2.28. The quantitative estimate of drug-likeness (QED) is 0.833. The van der Waals surface area contributed by atoms with Gasteiger partial charge < -0.3 is 10.6 Å². The van der Waals surface area contributed by atoms with Gasteiger partial charge in [0.15, 0.2) is 0 Å². The Kier molecular flexibility index (Phi) is 4.74. The van der Waals surface area contributed by atoms with Crippen molar-refractivity contribution >= 4 is 5.69 Å². The number of rotatable bonds is 5. The van der Waals surface area contributed by atoms with Crippen LogP contribution in [0.25, 0.3) is 0 Å². The lowest BCUT2D eigenvalue weighted by molar-refractivity contribution is 0.583. The molecule has 2 nitrogen and oxygen atoms in total. The van der Waals surface area contributed by atoms with Crippen molar-refractivity contribution in [1.82, 2.24) is 0 Å². The largest absolute Gasteiger partial charge is 0.372 e. The number of hydrogen-bond donors (Lipinski definition) is 1. The molecule has 0 fully saturated rings. The Bertz CT molecular complexity index is 335. The van der Waals surface area contributed by atoms with Crippen LogP contribution in [-0.4, -0.2) is 13.1 Å². The van der Waals surface area contributed by atoms with Crippen LogP contribution in [0.1, 0.15) is 32.3 Å². The zero-order valence-corrected chi connectivity index (χ0v) is 10.3. The van der Waals surface area contributed by atoms with Crippen LogP contribution in [0.2, 0.25) is 0 Å². The van der Waals surface area contributed by atoms with E-state index in [0.29, 0.717) is 11.6 Å². The Hall–Kier alpha value is -1.09. The lowest BCUT2D eigenvalue weighted by atomic mass is 10.1. The average molecular weight is 224 g/mol. The van der Waals surface area contributed by atoms with Gasteiger partial charge in [0.2, 0.25) is 0 Å². The maximum absolute atomic E-state index is 13.6. The molecule has 3 heteroatoms. The first kappa shape index (κ1) is 13.0. The molecule has 0 spiro atoms. The van der Waals surface area contributed by atoms with Gasteiger partial charge in [-0.25, -0.2) is 4.39 Å². The Morgan fingerprint density at radius 1 is 1.31 bits per heavy atom. The fourth-order valence-electron chi connectivity index (χ4n) is 1.97. The van der Waals surface area contributed by atoms with Crippen LogP contribution in [0.4, 0.5) is 10.1 Å². The molecule has 0 saturated carbocycles. The van der Waals surface area contributed by atoms with Gasteiger partial charge in [-0.2, -0.15) is 0 Å². The zero-order valence-electron chi connectivity index (χ0n) is 10.3. The topological polar surface area (TPSA) is 29.3 Å². The molecule has 2 N–H and O–H groups in total. The van der Waals surface area contributed by atoms with E-state index in [2.05, 4.69) is 18.7 Å². The summed E-state index contributed by atoms with van der Waals surface area (Å²) in [4.78, 5) is 2.13. The van der Waals surface area contributed by atoms with Gasteiger partial charge in [-0.3, -0.25) is 0 Å². The van der Waals surface area contributed by atoms with Crippen molar-refractivity contribution in [3.8, 4) is 0 Å². The van der Waals surface area contributed by atoms with Gasteiger partial charge in [0, 0.05) is 30.9 Å². The van der Waals surface area contributed by atoms with Gasteiger partial charge in [0.1, 0.15) is 5.82 Å². The summed E-state index contributed by atoms with van der Waals surface area (Å²) in [5.41, 5.74) is 6.93. The van der Waals surface area contributed by atoms with Gasteiger partial charge in [-0.15, -0.1) is 0 Å². The van der Waals surface area contributed by atoms with Crippen molar-refractivity contribution in [3.05, 3.63) is 29.6 Å². The fraction of sp³-hybridized carbons (Fsp3) is 0.538. The highest BCUT2D eigenvalue weighted by molar-refractivity contribution is 5.48. The van der Waals surface area contributed by atoms with Crippen LogP contribution in [0.5, 0.6) is 0 Å². The van der Waals surface area contributed by atoms with Crippen molar-refractivity contribution in [2.24, 2.45) is 5.73 Å². The van der Waals surface area contributed by atoms with Crippen LogP contribution in [0.3, 0.4) is 0 Å². The second-order valence-corrected chi connectivity index (χ2v) is 4.06. The number of nitrogens with zero attached hydrogens (tertiary/aromatic N) is 1. The molecule has 0 atom stereocenters. The molecule has 0 aromatic heterocycles. The van der Waals surface area contributed by atoms with Crippen molar-refractivity contribution < 1.29 is 4.39 Å². The number of halogens is 1. The Morgan fingerprint density at radius 2 is 1.94 bits per heavy atom. The first-order valence-electron chi connectivity index (χ1n) is 5.85. The molecule has 0 heterocycles. The SMILES string of the molecule is CCC(CC)N(C)c1ccc(CN)c(F)c1. The Balaban J connectivity index is 2.91. The van der Waals surface area contributed by atoms with Crippen LogP contribution in [-0.2, 0) is 6.54 Å². The highest BCUT2D eigenvalue weighted by Gasteiger charge is 2.12. The van der Waals surface area contributed by atoms with E-state index in [9.17, 15) is 4.39 Å². The van der Waals surface area contributed by atoms with Gasteiger partial charge >= 0.3 is 0 Å². The van der Waals surface area contributed by atoms with Crippen molar-refractivity contribution in [3.63, 3.8) is 0 Å². The summed E-state index contributed by atoms with van der Waals surface area (Å²) in [6.45, 7) is 4.55. The molecular formula is C13H21FN2. The summed E-state index contributed by atoms with van der Waals surface area (Å²) in [5, 5.41) is 0. The van der Waals surface area contributed by atoms with E-state index in [0.717, 1.165) is 18.5 Å². The van der Waals surface area contributed by atoms with Gasteiger partial charge in [0.25, 0.3) is 0 Å². The molecule has 90 valence electrons. The number of nitrogens with two attached hydrogens (primary N) is 1. The number of benzene rings is 1. The summed E-state index contributed by atoms with van der Waals surface area (Å²) < 4.78 is 13.6. The highest BCUT2D eigenvalue weighted by Crippen LogP contribution is 2.21. The summed E-state index contributed by atoms with van der Waals surface area (Å²) in [6, 6.07) is 5.73. The predicted molar refractivity (Wildman–Crippen MR) is 67.1 cm³/mol. The van der Waals surface area contributed by atoms with Gasteiger partial charge in [-0.05, 0) is 25.0 Å². The molecule has 0 radical (unpaired) electrons. The van der Waals surface area contributed by atoms with E-state index in [1.807, 2.05) is 13.1 Å². The standard InChI is InChI=1S/C13H21FN2/c1-4-11(5-2)16(3)12-7-6-10(9-15)13(14)8-12/h6-8,11H,4-5,9,15H2,1-3H3. The van der Waals surface area contributed by atoms with E-state index in [1.165, 1.54) is 0 Å². The lowest BCUT2D eigenvalue weighted by Crippen LogP contribution is -2.30. The third-order valence-electron chi connectivity index (χ3n) is 3.15. The highest BCUT2D eigenvalue weighted by atomic mass is 19.1. The molecule has 1 aromatic rings. The first-order chi connectivity index (χ1) is 7.63.